The van der Waals surface area contributed by atoms with Crippen LogP contribution in [0.4, 0.5) is 10.6 Å². The molecule has 0 bridgehead atoms. The van der Waals surface area contributed by atoms with Gasteiger partial charge >= 0.3 is 6.09 Å². The maximum absolute atomic E-state index is 12.5. The normalized spacial score (nSPS) is 11.2. The lowest BCUT2D eigenvalue weighted by atomic mass is 10.1. The summed E-state index contributed by atoms with van der Waals surface area (Å²) in [5, 5.41) is 7.27. The van der Waals surface area contributed by atoms with Crippen molar-refractivity contribution in [2.45, 2.75) is 33.3 Å². The minimum Gasteiger partial charge on any atom is -0.444 e. The lowest BCUT2D eigenvalue weighted by Gasteiger charge is -2.24. The van der Waals surface area contributed by atoms with Gasteiger partial charge in [0.25, 0.3) is 0 Å². The van der Waals surface area contributed by atoms with Gasteiger partial charge in [-0.05, 0) is 45.4 Å². The standard InChI is InChI=1S/C19H25BrN4O3/c1-12-16(13-7-9-14(20)10-8-13)17(24(6)22-12)21-15(25)11-23(5)18(26)27-19(2,3)4/h7-10H,11H2,1-6H3,(H,21,25). The molecule has 0 aliphatic carbocycles. The zero-order chi connectivity index (χ0) is 20.4. The summed E-state index contributed by atoms with van der Waals surface area (Å²) in [5.74, 6) is 0.252. The molecular weight excluding hydrogens is 412 g/mol. The number of benzene rings is 1. The molecule has 0 radical (unpaired) electrons. The molecule has 1 aromatic carbocycles. The smallest absolute Gasteiger partial charge is 0.410 e. The third-order valence-corrected chi connectivity index (χ3v) is 4.23. The highest BCUT2D eigenvalue weighted by molar-refractivity contribution is 9.10. The van der Waals surface area contributed by atoms with Crippen LogP contribution >= 0.6 is 15.9 Å². The van der Waals surface area contributed by atoms with Crippen molar-refractivity contribution in [3.05, 3.63) is 34.4 Å². The van der Waals surface area contributed by atoms with Crippen molar-refractivity contribution in [3.8, 4) is 11.1 Å². The molecule has 0 atom stereocenters. The average molecular weight is 437 g/mol. The first-order chi connectivity index (χ1) is 12.5. The highest BCUT2D eigenvalue weighted by Gasteiger charge is 2.23. The Morgan fingerprint density at radius 2 is 1.85 bits per heavy atom. The van der Waals surface area contributed by atoms with Gasteiger partial charge in [0.2, 0.25) is 5.91 Å². The second-order valence-electron chi connectivity index (χ2n) is 7.32. The van der Waals surface area contributed by atoms with Crippen molar-refractivity contribution < 1.29 is 14.3 Å². The first-order valence-corrected chi connectivity index (χ1v) is 9.30. The Labute approximate surface area is 167 Å². The molecule has 2 rings (SSSR count). The van der Waals surface area contributed by atoms with E-state index in [1.54, 1.807) is 32.5 Å². The maximum atomic E-state index is 12.5. The molecule has 0 saturated carbocycles. The molecule has 8 heteroatoms. The molecule has 0 fully saturated rings. The SMILES string of the molecule is Cc1nn(C)c(NC(=O)CN(C)C(=O)OC(C)(C)C)c1-c1ccc(Br)cc1. The van der Waals surface area contributed by atoms with Gasteiger partial charge in [0.15, 0.2) is 0 Å². The van der Waals surface area contributed by atoms with Crippen LogP contribution in [0.5, 0.6) is 0 Å². The number of ether oxygens (including phenoxy) is 1. The van der Waals surface area contributed by atoms with Gasteiger partial charge in [0.05, 0.1) is 5.69 Å². The van der Waals surface area contributed by atoms with Crippen LogP contribution in [0.1, 0.15) is 26.5 Å². The van der Waals surface area contributed by atoms with Gasteiger partial charge in [-0.25, -0.2) is 4.79 Å². The highest BCUT2D eigenvalue weighted by atomic mass is 79.9. The number of carbonyl (C=O) groups excluding carboxylic acids is 2. The third kappa shape index (κ3) is 5.56. The summed E-state index contributed by atoms with van der Waals surface area (Å²) >= 11 is 3.42. The van der Waals surface area contributed by atoms with E-state index in [9.17, 15) is 9.59 Å². The van der Waals surface area contributed by atoms with E-state index in [1.165, 1.54) is 11.9 Å². The lowest BCUT2D eigenvalue weighted by molar-refractivity contribution is -0.117. The minimum atomic E-state index is -0.615. The Kier molecular flexibility index (Phi) is 6.30. The number of rotatable bonds is 4. The molecule has 2 amide bonds. The summed E-state index contributed by atoms with van der Waals surface area (Å²) in [7, 11) is 3.29. The number of aromatic nitrogens is 2. The van der Waals surface area contributed by atoms with Crippen LogP contribution in [0.2, 0.25) is 0 Å². The van der Waals surface area contributed by atoms with Crippen LogP contribution in [0.25, 0.3) is 11.1 Å². The van der Waals surface area contributed by atoms with E-state index in [0.29, 0.717) is 5.82 Å². The molecule has 2 aromatic rings. The van der Waals surface area contributed by atoms with E-state index < -0.39 is 11.7 Å². The molecule has 1 aromatic heterocycles. The van der Waals surface area contributed by atoms with E-state index in [-0.39, 0.29) is 12.5 Å². The number of nitrogens with one attached hydrogen (secondary N) is 1. The largest absolute Gasteiger partial charge is 0.444 e. The molecule has 0 aliphatic heterocycles. The summed E-state index contributed by atoms with van der Waals surface area (Å²) in [5.41, 5.74) is 1.98. The molecule has 0 spiro atoms. The van der Waals surface area contributed by atoms with Gasteiger partial charge < -0.3 is 15.0 Å². The van der Waals surface area contributed by atoms with Gasteiger partial charge in [0.1, 0.15) is 18.0 Å². The van der Waals surface area contributed by atoms with E-state index in [1.807, 2.05) is 31.2 Å². The zero-order valence-electron chi connectivity index (χ0n) is 16.5. The fraction of sp³-hybridized carbons (Fsp3) is 0.421. The second-order valence-corrected chi connectivity index (χ2v) is 8.24. The molecule has 0 saturated heterocycles. The maximum Gasteiger partial charge on any atom is 0.410 e. The number of nitrogens with zero attached hydrogens (tertiary/aromatic N) is 3. The van der Waals surface area contributed by atoms with Crippen LogP contribution in [-0.4, -0.2) is 45.9 Å². The van der Waals surface area contributed by atoms with Gasteiger partial charge in [0, 0.05) is 24.1 Å². The van der Waals surface area contributed by atoms with Gasteiger partial charge in [-0.3, -0.25) is 9.48 Å². The summed E-state index contributed by atoms with van der Waals surface area (Å²) < 4.78 is 7.86. The van der Waals surface area contributed by atoms with E-state index in [0.717, 1.165) is 21.3 Å². The van der Waals surface area contributed by atoms with Crippen LogP contribution in [0.15, 0.2) is 28.7 Å². The fourth-order valence-electron chi connectivity index (χ4n) is 2.56. The second kappa shape index (κ2) is 8.12. The van der Waals surface area contributed by atoms with E-state index in [2.05, 4.69) is 26.3 Å². The number of hydrogen-bond acceptors (Lipinski definition) is 4. The van der Waals surface area contributed by atoms with Crippen molar-refractivity contribution in [2.75, 3.05) is 18.9 Å². The zero-order valence-corrected chi connectivity index (χ0v) is 18.0. The molecule has 0 unspecified atom stereocenters. The minimum absolute atomic E-state index is 0.126. The average Bonchev–Trinajstić information content (AvgIpc) is 2.80. The van der Waals surface area contributed by atoms with Crippen LogP contribution in [0, 0.1) is 6.92 Å². The first-order valence-electron chi connectivity index (χ1n) is 8.51. The Morgan fingerprint density at radius 3 is 2.41 bits per heavy atom. The summed E-state index contributed by atoms with van der Waals surface area (Å²) in [4.78, 5) is 25.8. The number of hydrogen-bond donors (Lipinski definition) is 1. The van der Waals surface area contributed by atoms with Crippen molar-refractivity contribution in [1.82, 2.24) is 14.7 Å². The van der Waals surface area contributed by atoms with Crippen LogP contribution in [-0.2, 0) is 16.6 Å². The topological polar surface area (TPSA) is 76.5 Å². The first kappa shape index (κ1) is 21.0. The van der Waals surface area contributed by atoms with Crippen molar-refractivity contribution in [1.29, 1.82) is 0 Å². The molecule has 1 N–H and O–H groups in total. The van der Waals surface area contributed by atoms with Gasteiger partial charge in [-0.2, -0.15) is 5.10 Å². The predicted octanol–water partition coefficient (Wildman–Crippen LogP) is 3.96. The number of carbonyl (C=O) groups is 2. The number of likely N-dealkylation sites (N-methyl/N-ethyl adjacent to an activating group) is 1. The monoisotopic (exact) mass is 436 g/mol. The van der Waals surface area contributed by atoms with Gasteiger partial charge in [-0.15, -0.1) is 0 Å². The molecular formula is C19H25BrN4O3. The summed E-state index contributed by atoms with van der Waals surface area (Å²) in [6.07, 6.45) is -0.549. The quantitative estimate of drug-likeness (QED) is 0.786. The van der Waals surface area contributed by atoms with E-state index >= 15 is 0 Å². The molecule has 0 aliphatic rings. The Morgan fingerprint density at radius 1 is 1.26 bits per heavy atom. The van der Waals surface area contributed by atoms with E-state index in [4.69, 9.17) is 4.74 Å². The number of amides is 2. The fourth-order valence-corrected chi connectivity index (χ4v) is 2.82. The highest BCUT2D eigenvalue weighted by Crippen LogP contribution is 2.31. The summed E-state index contributed by atoms with van der Waals surface area (Å²) in [6, 6.07) is 7.78. The van der Waals surface area contributed by atoms with Crippen LogP contribution in [0.3, 0.4) is 0 Å². The van der Waals surface area contributed by atoms with Crippen molar-refractivity contribution in [3.63, 3.8) is 0 Å². The number of aryl methyl sites for hydroxylation is 2. The number of anilines is 1. The molecule has 7 nitrogen and oxygen atoms in total. The van der Waals surface area contributed by atoms with Gasteiger partial charge in [-0.1, -0.05) is 28.1 Å². The lowest BCUT2D eigenvalue weighted by Crippen LogP contribution is -2.39. The van der Waals surface area contributed by atoms with Crippen molar-refractivity contribution >= 4 is 33.7 Å². The molecule has 1 heterocycles. The molecule has 146 valence electrons. The number of halogens is 1. The Hall–Kier alpha value is -2.35. The Bertz CT molecular complexity index is 838. The predicted molar refractivity (Wildman–Crippen MR) is 109 cm³/mol. The molecule has 27 heavy (non-hydrogen) atoms. The third-order valence-electron chi connectivity index (χ3n) is 3.70. The Balaban J connectivity index is 2.16. The van der Waals surface area contributed by atoms with Crippen molar-refractivity contribution in [2.24, 2.45) is 7.05 Å². The summed E-state index contributed by atoms with van der Waals surface area (Å²) in [6.45, 7) is 7.10. The van der Waals surface area contributed by atoms with Crippen LogP contribution < -0.4 is 5.32 Å².